The van der Waals surface area contributed by atoms with Crippen molar-refractivity contribution >= 4 is 5.97 Å². The van der Waals surface area contributed by atoms with Crippen molar-refractivity contribution in [3.05, 3.63) is 12.2 Å². The van der Waals surface area contributed by atoms with Crippen LogP contribution in [0.25, 0.3) is 0 Å². The highest BCUT2D eigenvalue weighted by molar-refractivity contribution is 5.87. The Labute approximate surface area is 76.3 Å². The smallest absolute Gasteiger partial charge is 0.333 e. The number of hydrogen-bond acceptors (Lipinski definition) is 5. The minimum absolute atomic E-state index is 0.139. The van der Waals surface area contributed by atoms with Crippen molar-refractivity contribution in [2.24, 2.45) is 0 Å². The third-order valence-electron chi connectivity index (χ3n) is 1.52. The molecule has 0 heterocycles. The number of rotatable bonds is 5. The summed E-state index contributed by atoms with van der Waals surface area (Å²) in [5, 5.41) is 26.3. The van der Waals surface area contributed by atoms with E-state index in [1.54, 1.807) is 0 Å². The van der Waals surface area contributed by atoms with Crippen LogP contribution in [0.3, 0.4) is 0 Å². The summed E-state index contributed by atoms with van der Waals surface area (Å²) in [6.07, 6.45) is 0. The van der Waals surface area contributed by atoms with Crippen molar-refractivity contribution in [1.29, 1.82) is 0 Å². The molecule has 0 amide bonds. The average Bonchev–Trinajstić information content (AvgIpc) is 2.14. The van der Waals surface area contributed by atoms with Crippen LogP contribution >= 0.6 is 0 Å². The van der Waals surface area contributed by atoms with E-state index in [1.807, 2.05) is 0 Å². The lowest BCUT2D eigenvalue weighted by molar-refractivity contribution is -0.171. The van der Waals surface area contributed by atoms with Crippen LogP contribution in [-0.2, 0) is 9.53 Å². The number of aliphatic hydroxyl groups excluding tert-OH is 3. The van der Waals surface area contributed by atoms with Gasteiger partial charge < -0.3 is 20.1 Å². The van der Waals surface area contributed by atoms with E-state index in [1.165, 1.54) is 6.92 Å². The van der Waals surface area contributed by atoms with Gasteiger partial charge in [0.1, 0.15) is 0 Å². The van der Waals surface area contributed by atoms with Crippen molar-refractivity contribution in [3.8, 4) is 0 Å². The first kappa shape index (κ1) is 12.1. The highest BCUT2D eigenvalue weighted by Crippen LogP contribution is 2.11. The normalized spacial score (nSPS) is 11.1. The fourth-order valence-corrected chi connectivity index (χ4v) is 0.531. The molecule has 3 N–H and O–H groups in total. The highest BCUT2D eigenvalue weighted by atomic mass is 16.6. The van der Waals surface area contributed by atoms with Gasteiger partial charge in [0.05, 0.1) is 19.8 Å². The zero-order valence-corrected chi connectivity index (χ0v) is 7.49. The van der Waals surface area contributed by atoms with Crippen molar-refractivity contribution in [2.45, 2.75) is 12.5 Å². The Morgan fingerprint density at radius 1 is 1.31 bits per heavy atom. The van der Waals surface area contributed by atoms with E-state index in [-0.39, 0.29) is 5.57 Å². The predicted octanol–water partition coefficient (Wildman–Crippen LogP) is -1.18. The Morgan fingerprint density at radius 3 is 1.92 bits per heavy atom. The van der Waals surface area contributed by atoms with E-state index in [0.29, 0.717) is 0 Å². The summed E-state index contributed by atoms with van der Waals surface area (Å²) in [7, 11) is 0. The minimum atomic E-state index is -1.62. The molecule has 5 nitrogen and oxygen atoms in total. The lowest BCUT2D eigenvalue weighted by atomic mass is 10.1. The summed E-state index contributed by atoms with van der Waals surface area (Å²) in [5.74, 6) is -0.753. The molecule has 0 aliphatic rings. The van der Waals surface area contributed by atoms with Gasteiger partial charge in [0.2, 0.25) is 0 Å². The van der Waals surface area contributed by atoms with Gasteiger partial charge in [-0.15, -0.1) is 0 Å². The number of aliphatic hydroxyl groups is 3. The van der Waals surface area contributed by atoms with Crippen LogP contribution < -0.4 is 0 Å². The van der Waals surface area contributed by atoms with Gasteiger partial charge >= 0.3 is 5.97 Å². The summed E-state index contributed by atoms with van der Waals surface area (Å²) in [6.45, 7) is 2.83. The van der Waals surface area contributed by atoms with Crippen LogP contribution in [0.5, 0.6) is 0 Å². The first-order valence-corrected chi connectivity index (χ1v) is 3.73. The van der Waals surface area contributed by atoms with Gasteiger partial charge in [0.25, 0.3) is 0 Å². The van der Waals surface area contributed by atoms with Gasteiger partial charge in [-0.25, -0.2) is 4.79 Å². The molecular formula is C8H14O5. The van der Waals surface area contributed by atoms with Crippen LogP contribution in [0.1, 0.15) is 6.92 Å². The molecule has 0 unspecified atom stereocenters. The molecule has 0 aliphatic carbocycles. The molecule has 0 aliphatic heterocycles. The lowest BCUT2D eigenvalue weighted by Gasteiger charge is -2.27. The van der Waals surface area contributed by atoms with Crippen LogP contribution in [0.15, 0.2) is 12.2 Å². The highest BCUT2D eigenvalue weighted by Gasteiger charge is 2.32. The average molecular weight is 190 g/mol. The first-order chi connectivity index (χ1) is 6.01. The Balaban J connectivity index is 4.42. The molecule has 0 aromatic rings. The number of carbonyl (C=O) groups is 1. The molecular weight excluding hydrogens is 176 g/mol. The molecule has 76 valence electrons. The van der Waals surface area contributed by atoms with Crippen molar-refractivity contribution in [3.63, 3.8) is 0 Å². The van der Waals surface area contributed by atoms with Crippen LogP contribution in [-0.4, -0.2) is 46.7 Å². The molecule has 0 saturated heterocycles. The van der Waals surface area contributed by atoms with E-state index in [9.17, 15) is 4.79 Å². The molecule has 0 bridgehead atoms. The molecule has 13 heavy (non-hydrogen) atoms. The van der Waals surface area contributed by atoms with Gasteiger partial charge in [-0.05, 0) is 6.92 Å². The van der Waals surface area contributed by atoms with Gasteiger partial charge in [0.15, 0.2) is 5.60 Å². The topological polar surface area (TPSA) is 87.0 Å². The second-order valence-electron chi connectivity index (χ2n) is 2.83. The molecule has 0 rings (SSSR count). The summed E-state index contributed by atoms with van der Waals surface area (Å²) in [6, 6.07) is 0. The number of ether oxygens (including phenoxy) is 1. The van der Waals surface area contributed by atoms with Gasteiger partial charge in [-0.1, -0.05) is 6.58 Å². The maximum Gasteiger partial charge on any atom is 0.333 e. The SMILES string of the molecule is C=C(C)C(=O)OC(CO)(CO)CO. The minimum Gasteiger partial charge on any atom is -0.448 e. The second-order valence-corrected chi connectivity index (χ2v) is 2.83. The second kappa shape index (κ2) is 4.96. The van der Waals surface area contributed by atoms with Crippen molar-refractivity contribution in [2.75, 3.05) is 19.8 Å². The van der Waals surface area contributed by atoms with Gasteiger partial charge in [-0.3, -0.25) is 0 Å². The zero-order chi connectivity index (χ0) is 10.5. The molecule has 0 radical (unpaired) electrons. The van der Waals surface area contributed by atoms with Gasteiger partial charge in [0, 0.05) is 5.57 Å². The van der Waals surface area contributed by atoms with Crippen LogP contribution in [0.4, 0.5) is 0 Å². The largest absolute Gasteiger partial charge is 0.448 e. The standard InChI is InChI=1S/C8H14O5/c1-6(2)7(12)13-8(3-9,4-10)5-11/h9-11H,1,3-5H2,2H3. The van der Waals surface area contributed by atoms with E-state index in [0.717, 1.165) is 0 Å². The Bertz CT molecular complexity index is 186. The quantitative estimate of drug-likeness (QED) is 0.375. The number of carbonyl (C=O) groups excluding carboxylic acids is 1. The summed E-state index contributed by atoms with van der Waals surface area (Å²) in [5.41, 5.74) is -1.48. The molecule has 0 aromatic heterocycles. The molecule has 0 saturated carbocycles. The third-order valence-corrected chi connectivity index (χ3v) is 1.52. The summed E-state index contributed by atoms with van der Waals surface area (Å²) >= 11 is 0. The fraction of sp³-hybridized carbons (Fsp3) is 0.625. The first-order valence-electron chi connectivity index (χ1n) is 3.73. The van der Waals surface area contributed by atoms with Gasteiger partial charge in [-0.2, -0.15) is 0 Å². The maximum absolute atomic E-state index is 11.0. The maximum atomic E-state index is 11.0. The Kier molecular flexibility index (Phi) is 4.61. The molecule has 0 spiro atoms. The predicted molar refractivity (Wildman–Crippen MR) is 44.9 cm³/mol. The number of hydrogen-bond donors (Lipinski definition) is 3. The zero-order valence-electron chi connectivity index (χ0n) is 7.49. The molecule has 0 atom stereocenters. The van der Waals surface area contributed by atoms with E-state index in [2.05, 4.69) is 11.3 Å². The van der Waals surface area contributed by atoms with E-state index in [4.69, 9.17) is 15.3 Å². The van der Waals surface area contributed by atoms with E-state index < -0.39 is 31.4 Å². The Morgan fingerprint density at radius 2 is 1.69 bits per heavy atom. The monoisotopic (exact) mass is 190 g/mol. The molecule has 0 fully saturated rings. The van der Waals surface area contributed by atoms with Crippen molar-refractivity contribution < 1.29 is 24.9 Å². The molecule has 0 aromatic carbocycles. The third kappa shape index (κ3) is 3.14. The Hall–Kier alpha value is -0.910. The van der Waals surface area contributed by atoms with Crippen LogP contribution in [0.2, 0.25) is 0 Å². The van der Waals surface area contributed by atoms with Crippen molar-refractivity contribution in [1.82, 2.24) is 0 Å². The van der Waals surface area contributed by atoms with E-state index >= 15 is 0 Å². The molecule has 5 heteroatoms. The van der Waals surface area contributed by atoms with Crippen LogP contribution in [0, 0.1) is 0 Å². The number of esters is 1. The summed E-state index contributed by atoms with van der Waals surface area (Å²) in [4.78, 5) is 11.0. The fourth-order valence-electron chi connectivity index (χ4n) is 0.531. The summed E-state index contributed by atoms with van der Waals surface area (Å²) < 4.78 is 4.66. The lowest BCUT2D eigenvalue weighted by Crippen LogP contribution is -2.46.